The van der Waals surface area contributed by atoms with E-state index in [1.165, 1.54) is 6.92 Å². The van der Waals surface area contributed by atoms with Crippen LogP contribution in [-0.2, 0) is 9.59 Å². The lowest BCUT2D eigenvalue weighted by Gasteiger charge is -2.16. The summed E-state index contributed by atoms with van der Waals surface area (Å²) in [7, 11) is 0. The smallest absolute Gasteiger partial charge is 0.222 e. The van der Waals surface area contributed by atoms with Gasteiger partial charge in [-0.05, 0) is 19.8 Å². The van der Waals surface area contributed by atoms with Gasteiger partial charge in [0, 0.05) is 19.5 Å². The van der Waals surface area contributed by atoms with E-state index in [4.69, 9.17) is 5.73 Å². The predicted octanol–water partition coefficient (Wildman–Crippen LogP) is -0.0848. The van der Waals surface area contributed by atoms with Gasteiger partial charge in [-0.2, -0.15) is 0 Å². The molecule has 1 saturated heterocycles. The average molecular weight is 184 g/mol. The summed E-state index contributed by atoms with van der Waals surface area (Å²) in [5.74, 6) is 0.183. The van der Waals surface area contributed by atoms with Gasteiger partial charge in [0.1, 0.15) is 5.78 Å². The molecule has 1 fully saturated rings. The van der Waals surface area contributed by atoms with Gasteiger partial charge in [-0.15, -0.1) is 0 Å². The van der Waals surface area contributed by atoms with Gasteiger partial charge in [0.2, 0.25) is 5.91 Å². The summed E-state index contributed by atoms with van der Waals surface area (Å²) in [5, 5.41) is 0. The molecule has 1 heterocycles. The third-order valence-corrected chi connectivity index (χ3v) is 2.40. The summed E-state index contributed by atoms with van der Waals surface area (Å²) < 4.78 is 0. The van der Waals surface area contributed by atoms with Crippen LogP contribution < -0.4 is 5.73 Å². The minimum atomic E-state index is -0.409. The lowest BCUT2D eigenvalue weighted by atomic mass is 10.1. The third kappa shape index (κ3) is 2.81. The molecule has 4 nitrogen and oxygen atoms in total. The second-order valence-electron chi connectivity index (χ2n) is 3.49. The highest BCUT2D eigenvalue weighted by Crippen LogP contribution is 2.10. The second-order valence-corrected chi connectivity index (χ2v) is 3.49. The molecular formula is C9H16N2O2. The molecule has 4 heteroatoms. The Hall–Kier alpha value is -0.900. The standard InChI is InChI=1S/C9H16N2O2/c1-7(12)8(10)4-6-11-5-2-3-9(11)13/h8H,2-6,10H2,1H3. The quantitative estimate of drug-likeness (QED) is 0.664. The van der Waals surface area contributed by atoms with Gasteiger partial charge >= 0.3 is 0 Å². The summed E-state index contributed by atoms with van der Waals surface area (Å²) in [5.41, 5.74) is 5.55. The molecule has 0 radical (unpaired) electrons. The van der Waals surface area contributed by atoms with Gasteiger partial charge in [-0.1, -0.05) is 0 Å². The predicted molar refractivity (Wildman–Crippen MR) is 49.1 cm³/mol. The molecule has 13 heavy (non-hydrogen) atoms. The van der Waals surface area contributed by atoms with Crippen molar-refractivity contribution in [2.45, 2.75) is 32.2 Å². The van der Waals surface area contributed by atoms with Crippen LogP contribution in [0.2, 0.25) is 0 Å². The monoisotopic (exact) mass is 184 g/mol. The van der Waals surface area contributed by atoms with E-state index in [9.17, 15) is 9.59 Å². The Morgan fingerprint density at radius 3 is 2.85 bits per heavy atom. The highest BCUT2D eigenvalue weighted by Gasteiger charge is 2.20. The number of hydrogen-bond acceptors (Lipinski definition) is 3. The largest absolute Gasteiger partial charge is 0.343 e. The van der Waals surface area contributed by atoms with Gasteiger partial charge in [0.25, 0.3) is 0 Å². The van der Waals surface area contributed by atoms with E-state index in [1.807, 2.05) is 0 Å². The average Bonchev–Trinajstić information content (AvgIpc) is 2.47. The molecule has 0 aromatic heterocycles. The Balaban J connectivity index is 2.25. The van der Waals surface area contributed by atoms with Crippen molar-refractivity contribution in [2.75, 3.05) is 13.1 Å². The summed E-state index contributed by atoms with van der Waals surface area (Å²) in [6.07, 6.45) is 2.17. The molecule has 0 bridgehead atoms. The Morgan fingerprint density at radius 1 is 1.69 bits per heavy atom. The lowest BCUT2D eigenvalue weighted by molar-refractivity contribution is -0.128. The zero-order valence-electron chi connectivity index (χ0n) is 7.95. The van der Waals surface area contributed by atoms with Crippen molar-refractivity contribution in [2.24, 2.45) is 5.73 Å². The van der Waals surface area contributed by atoms with Gasteiger partial charge in [-0.3, -0.25) is 9.59 Å². The SMILES string of the molecule is CC(=O)C(N)CCN1CCCC1=O. The lowest BCUT2D eigenvalue weighted by Crippen LogP contribution is -2.35. The Kier molecular flexibility index (Phi) is 3.42. The molecule has 2 N–H and O–H groups in total. The molecule has 1 unspecified atom stereocenters. The van der Waals surface area contributed by atoms with Crippen molar-refractivity contribution in [3.05, 3.63) is 0 Å². The van der Waals surface area contributed by atoms with Crippen LogP contribution in [0.5, 0.6) is 0 Å². The molecule has 74 valence electrons. The van der Waals surface area contributed by atoms with Crippen LogP contribution in [0.3, 0.4) is 0 Å². The van der Waals surface area contributed by atoms with Crippen molar-refractivity contribution in [1.82, 2.24) is 4.90 Å². The van der Waals surface area contributed by atoms with Gasteiger partial charge in [0.15, 0.2) is 0 Å². The topological polar surface area (TPSA) is 63.4 Å². The van der Waals surface area contributed by atoms with Crippen LogP contribution in [0.25, 0.3) is 0 Å². The van der Waals surface area contributed by atoms with E-state index >= 15 is 0 Å². The van der Waals surface area contributed by atoms with E-state index in [-0.39, 0.29) is 11.7 Å². The molecule has 0 aromatic carbocycles. The molecule has 1 amide bonds. The van der Waals surface area contributed by atoms with E-state index < -0.39 is 6.04 Å². The number of carbonyl (C=O) groups is 2. The minimum absolute atomic E-state index is 0.00774. The maximum absolute atomic E-state index is 11.2. The van der Waals surface area contributed by atoms with Crippen molar-refractivity contribution in [1.29, 1.82) is 0 Å². The normalized spacial score (nSPS) is 19.2. The maximum atomic E-state index is 11.2. The van der Waals surface area contributed by atoms with Crippen LogP contribution in [-0.4, -0.2) is 35.7 Å². The van der Waals surface area contributed by atoms with Crippen molar-refractivity contribution >= 4 is 11.7 Å². The van der Waals surface area contributed by atoms with E-state index in [0.29, 0.717) is 19.4 Å². The van der Waals surface area contributed by atoms with Crippen LogP contribution in [0.15, 0.2) is 0 Å². The van der Waals surface area contributed by atoms with Crippen molar-refractivity contribution in [3.63, 3.8) is 0 Å². The van der Waals surface area contributed by atoms with Crippen molar-refractivity contribution < 1.29 is 9.59 Å². The number of nitrogens with two attached hydrogens (primary N) is 1. The Labute approximate surface area is 78.1 Å². The fraction of sp³-hybridized carbons (Fsp3) is 0.778. The number of nitrogens with zero attached hydrogens (tertiary/aromatic N) is 1. The zero-order chi connectivity index (χ0) is 9.84. The molecule has 0 aliphatic carbocycles. The third-order valence-electron chi connectivity index (χ3n) is 2.40. The number of rotatable bonds is 4. The minimum Gasteiger partial charge on any atom is -0.343 e. The summed E-state index contributed by atoms with van der Waals surface area (Å²) in [4.78, 5) is 23.7. The second kappa shape index (κ2) is 4.37. The number of amides is 1. The van der Waals surface area contributed by atoms with Crippen LogP contribution in [0, 0.1) is 0 Å². The first-order valence-electron chi connectivity index (χ1n) is 4.65. The van der Waals surface area contributed by atoms with Crippen LogP contribution in [0.1, 0.15) is 26.2 Å². The first-order chi connectivity index (χ1) is 6.11. The highest BCUT2D eigenvalue weighted by molar-refractivity contribution is 5.81. The highest BCUT2D eigenvalue weighted by atomic mass is 16.2. The summed E-state index contributed by atoms with van der Waals surface area (Å²) >= 11 is 0. The zero-order valence-corrected chi connectivity index (χ0v) is 7.95. The van der Waals surface area contributed by atoms with Crippen LogP contribution in [0.4, 0.5) is 0 Å². The fourth-order valence-corrected chi connectivity index (χ4v) is 1.44. The number of hydrogen-bond donors (Lipinski definition) is 1. The molecular weight excluding hydrogens is 168 g/mol. The first-order valence-corrected chi connectivity index (χ1v) is 4.65. The Morgan fingerprint density at radius 2 is 2.38 bits per heavy atom. The number of carbonyl (C=O) groups excluding carboxylic acids is 2. The molecule has 1 rings (SSSR count). The Bertz CT molecular complexity index is 216. The number of likely N-dealkylation sites (tertiary alicyclic amines) is 1. The van der Waals surface area contributed by atoms with E-state index in [2.05, 4.69) is 0 Å². The first kappa shape index (κ1) is 10.2. The van der Waals surface area contributed by atoms with Gasteiger partial charge in [0.05, 0.1) is 6.04 Å². The van der Waals surface area contributed by atoms with E-state index in [1.54, 1.807) is 4.90 Å². The molecule has 1 aliphatic heterocycles. The molecule has 0 aromatic rings. The number of Topliss-reactive ketones (excluding diaryl/α,β-unsaturated/α-hetero) is 1. The molecule has 1 atom stereocenters. The van der Waals surface area contributed by atoms with Gasteiger partial charge < -0.3 is 10.6 Å². The van der Waals surface area contributed by atoms with Crippen molar-refractivity contribution in [3.8, 4) is 0 Å². The van der Waals surface area contributed by atoms with Crippen LogP contribution >= 0.6 is 0 Å². The number of ketones is 1. The summed E-state index contributed by atoms with van der Waals surface area (Å²) in [6, 6.07) is -0.409. The van der Waals surface area contributed by atoms with E-state index in [0.717, 1.165) is 13.0 Å². The molecule has 0 spiro atoms. The fourth-order valence-electron chi connectivity index (χ4n) is 1.44. The maximum Gasteiger partial charge on any atom is 0.222 e. The summed E-state index contributed by atoms with van der Waals surface area (Å²) in [6.45, 7) is 2.93. The van der Waals surface area contributed by atoms with Gasteiger partial charge in [-0.25, -0.2) is 0 Å². The molecule has 1 aliphatic rings. The molecule has 0 saturated carbocycles.